The van der Waals surface area contributed by atoms with E-state index in [0.717, 1.165) is 11.8 Å². The molecule has 138 valence electrons. The van der Waals surface area contributed by atoms with E-state index in [1.165, 1.54) is 41.5 Å². The van der Waals surface area contributed by atoms with Crippen LogP contribution >= 0.6 is 24.0 Å². The number of nitro groups is 1. The number of nitro benzene ring substituents is 1. The number of non-ortho nitro benzene ring substituents is 1. The van der Waals surface area contributed by atoms with E-state index in [4.69, 9.17) is 16.6 Å². The lowest BCUT2D eigenvalue weighted by atomic mass is 10.1. The summed E-state index contributed by atoms with van der Waals surface area (Å²) in [6, 6.07) is 12.4. The third-order valence-corrected chi connectivity index (χ3v) is 5.41. The zero-order valence-electron chi connectivity index (χ0n) is 14.0. The monoisotopic (exact) mass is 410 g/mol. The van der Waals surface area contributed by atoms with E-state index in [1.54, 1.807) is 24.3 Å². The minimum absolute atomic E-state index is 0.0847. The van der Waals surface area contributed by atoms with Gasteiger partial charge in [0.1, 0.15) is 11.8 Å². The molecule has 1 amide bonds. The Morgan fingerprint density at radius 2 is 1.82 bits per heavy atom. The minimum Gasteiger partial charge on any atom is -0.463 e. The summed E-state index contributed by atoms with van der Waals surface area (Å²) in [5.41, 5.74) is 0.786. The average molecular weight is 410 g/mol. The van der Waals surface area contributed by atoms with Crippen molar-refractivity contribution in [2.75, 3.05) is 4.90 Å². The van der Waals surface area contributed by atoms with Gasteiger partial charge in [-0.2, -0.15) is 0 Å². The summed E-state index contributed by atoms with van der Waals surface area (Å²) in [6.45, 7) is 0. The number of amides is 1. The number of carbonyl (C=O) groups excluding carboxylic acids is 1. The second-order valence-corrected chi connectivity index (χ2v) is 7.48. The van der Waals surface area contributed by atoms with E-state index in [-0.39, 0.29) is 25.9 Å². The zero-order valence-corrected chi connectivity index (χ0v) is 15.7. The number of hydrogen-bond acceptors (Lipinski definition) is 7. The molecule has 0 unspecified atom stereocenters. The molecule has 28 heavy (non-hydrogen) atoms. The minimum atomic E-state index is -0.521. The van der Waals surface area contributed by atoms with Crippen molar-refractivity contribution in [3.05, 3.63) is 85.6 Å². The van der Waals surface area contributed by atoms with Crippen LogP contribution in [0.3, 0.4) is 0 Å². The SMILES string of the molecule is O=C1/C(=C\c2coc3ccccc3c2=O)SC(=S)N1c1ccc([N+](=O)[O-])cc1. The fraction of sp³-hybridized carbons (Fsp3) is 0. The van der Waals surface area contributed by atoms with Crippen LogP contribution in [0.5, 0.6) is 0 Å². The molecule has 0 spiro atoms. The van der Waals surface area contributed by atoms with Gasteiger partial charge in [-0.25, -0.2) is 0 Å². The Bertz CT molecular complexity index is 1230. The fourth-order valence-electron chi connectivity index (χ4n) is 2.75. The third kappa shape index (κ3) is 3.10. The third-order valence-electron chi connectivity index (χ3n) is 4.11. The van der Waals surface area contributed by atoms with Gasteiger partial charge in [-0.05, 0) is 30.3 Å². The molecule has 1 fully saturated rings. The quantitative estimate of drug-likeness (QED) is 0.278. The summed E-state index contributed by atoms with van der Waals surface area (Å²) in [4.78, 5) is 37.2. The number of fused-ring (bicyclic) bond motifs is 1. The lowest BCUT2D eigenvalue weighted by Gasteiger charge is -2.13. The van der Waals surface area contributed by atoms with E-state index in [0.29, 0.717) is 16.7 Å². The molecular weight excluding hydrogens is 400 g/mol. The summed E-state index contributed by atoms with van der Waals surface area (Å²) < 4.78 is 5.74. The zero-order chi connectivity index (χ0) is 19.8. The molecular formula is C19H10N2O5S2. The highest BCUT2D eigenvalue weighted by molar-refractivity contribution is 8.27. The van der Waals surface area contributed by atoms with Crippen molar-refractivity contribution in [1.82, 2.24) is 0 Å². The van der Waals surface area contributed by atoms with Crippen molar-refractivity contribution < 1.29 is 14.1 Å². The van der Waals surface area contributed by atoms with Crippen LogP contribution in [-0.2, 0) is 4.79 Å². The molecule has 0 aliphatic carbocycles. The second-order valence-electron chi connectivity index (χ2n) is 5.81. The molecule has 3 aromatic rings. The first-order chi connectivity index (χ1) is 13.5. The summed E-state index contributed by atoms with van der Waals surface area (Å²) in [6.07, 6.45) is 2.76. The number of benzene rings is 2. The van der Waals surface area contributed by atoms with Gasteiger partial charge in [-0.15, -0.1) is 0 Å². The molecule has 4 rings (SSSR count). The standard InChI is InChI=1S/C19H10N2O5S2/c22-17-11(10-26-15-4-2-1-3-14(15)17)9-16-18(23)20(19(27)28-16)12-5-7-13(8-6-12)21(24)25/h1-10H/b16-9+. The normalized spacial score (nSPS) is 15.6. The molecule has 0 saturated carbocycles. The maximum absolute atomic E-state index is 12.8. The van der Waals surface area contributed by atoms with Crippen LogP contribution in [0, 0.1) is 10.1 Å². The van der Waals surface area contributed by atoms with E-state index in [1.807, 2.05) is 0 Å². The molecule has 0 N–H and O–H groups in total. The first-order valence-corrected chi connectivity index (χ1v) is 9.21. The van der Waals surface area contributed by atoms with Gasteiger partial charge in [0.25, 0.3) is 11.6 Å². The maximum Gasteiger partial charge on any atom is 0.270 e. The van der Waals surface area contributed by atoms with Crippen molar-refractivity contribution in [3.63, 3.8) is 0 Å². The van der Waals surface area contributed by atoms with Gasteiger partial charge in [0.15, 0.2) is 9.75 Å². The first-order valence-electron chi connectivity index (χ1n) is 7.98. The number of hydrogen-bond donors (Lipinski definition) is 0. The Kier molecular flexibility index (Phi) is 4.54. The van der Waals surface area contributed by atoms with Crippen LogP contribution in [0.25, 0.3) is 17.0 Å². The maximum atomic E-state index is 12.8. The number of thioether (sulfide) groups is 1. The van der Waals surface area contributed by atoms with Crippen LogP contribution < -0.4 is 10.3 Å². The Morgan fingerprint density at radius 3 is 2.54 bits per heavy atom. The number of para-hydroxylation sites is 1. The Hall–Kier alpha value is -3.30. The van der Waals surface area contributed by atoms with Crippen LogP contribution in [0.2, 0.25) is 0 Å². The number of rotatable bonds is 3. The largest absolute Gasteiger partial charge is 0.463 e. The highest BCUT2D eigenvalue weighted by Gasteiger charge is 2.33. The average Bonchev–Trinajstić information content (AvgIpc) is 2.97. The van der Waals surface area contributed by atoms with Gasteiger partial charge >= 0.3 is 0 Å². The van der Waals surface area contributed by atoms with E-state index in [2.05, 4.69) is 0 Å². The second kappa shape index (κ2) is 7.02. The van der Waals surface area contributed by atoms with Crippen molar-refractivity contribution in [2.45, 2.75) is 0 Å². The summed E-state index contributed by atoms with van der Waals surface area (Å²) in [5, 5.41) is 11.2. The van der Waals surface area contributed by atoms with Crippen LogP contribution in [-0.4, -0.2) is 15.2 Å². The number of carbonyl (C=O) groups is 1. The van der Waals surface area contributed by atoms with Gasteiger partial charge in [0.2, 0.25) is 0 Å². The van der Waals surface area contributed by atoms with Gasteiger partial charge in [0, 0.05) is 12.1 Å². The fourth-order valence-corrected chi connectivity index (χ4v) is 4.04. The number of nitrogens with zero attached hydrogens (tertiary/aromatic N) is 2. The predicted molar refractivity (Wildman–Crippen MR) is 111 cm³/mol. The molecule has 0 radical (unpaired) electrons. The van der Waals surface area contributed by atoms with Gasteiger partial charge in [-0.3, -0.25) is 24.6 Å². The van der Waals surface area contributed by atoms with Gasteiger partial charge < -0.3 is 4.42 Å². The molecule has 0 atom stereocenters. The van der Waals surface area contributed by atoms with Gasteiger partial charge in [-0.1, -0.05) is 36.1 Å². The molecule has 1 aromatic heterocycles. The first kappa shape index (κ1) is 18.1. The molecule has 2 aromatic carbocycles. The van der Waals surface area contributed by atoms with Crippen LogP contribution in [0.4, 0.5) is 11.4 Å². The molecule has 1 aliphatic heterocycles. The molecule has 0 bridgehead atoms. The highest BCUT2D eigenvalue weighted by atomic mass is 32.2. The summed E-state index contributed by atoms with van der Waals surface area (Å²) in [7, 11) is 0. The summed E-state index contributed by atoms with van der Waals surface area (Å²) >= 11 is 6.33. The highest BCUT2D eigenvalue weighted by Crippen LogP contribution is 2.36. The smallest absolute Gasteiger partial charge is 0.270 e. The Balaban J connectivity index is 1.70. The lowest BCUT2D eigenvalue weighted by Crippen LogP contribution is -2.27. The van der Waals surface area contributed by atoms with E-state index >= 15 is 0 Å². The number of anilines is 1. The molecule has 9 heteroatoms. The molecule has 1 saturated heterocycles. The lowest BCUT2D eigenvalue weighted by molar-refractivity contribution is -0.384. The molecule has 1 aliphatic rings. The van der Waals surface area contributed by atoms with Crippen molar-refractivity contribution in [1.29, 1.82) is 0 Å². The Labute approximate surface area is 167 Å². The Morgan fingerprint density at radius 1 is 1.11 bits per heavy atom. The number of thiocarbonyl (C=S) groups is 1. The van der Waals surface area contributed by atoms with Crippen molar-refractivity contribution in [2.24, 2.45) is 0 Å². The van der Waals surface area contributed by atoms with Crippen LogP contribution in [0.15, 0.2) is 68.9 Å². The van der Waals surface area contributed by atoms with Crippen LogP contribution in [0.1, 0.15) is 5.56 Å². The van der Waals surface area contributed by atoms with E-state index < -0.39 is 10.8 Å². The molecule has 7 nitrogen and oxygen atoms in total. The van der Waals surface area contributed by atoms with Gasteiger partial charge in [0.05, 0.1) is 26.5 Å². The van der Waals surface area contributed by atoms with Crippen molar-refractivity contribution in [3.8, 4) is 0 Å². The summed E-state index contributed by atoms with van der Waals surface area (Å²) in [5.74, 6) is -0.406. The predicted octanol–water partition coefficient (Wildman–Crippen LogP) is 4.11. The van der Waals surface area contributed by atoms with Crippen molar-refractivity contribution >= 4 is 62.6 Å². The topological polar surface area (TPSA) is 93.7 Å². The molecule has 2 heterocycles. The van der Waals surface area contributed by atoms with E-state index in [9.17, 15) is 19.7 Å².